The summed E-state index contributed by atoms with van der Waals surface area (Å²) in [4.78, 5) is 22.5. The Hall–Kier alpha value is -1.26. The van der Waals surface area contributed by atoms with Gasteiger partial charge in [0.25, 0.3) is 5.91 Å². The summed E-state index contributed by atoms with van der Waals surface area (Å²) in [5.41, 5.74) is 0.443. The van der Waals surface area contributed by atoms with Crippen molar-refractivity contribution in [1.29, 1.82) is 0 Å². The summed E-state index contributed by atoms with van der Waals surface area (Å²) in [5, 5.41) is 8.96. The molecule has 0 aromatic heterocycles. The predicted octanol–water partition coefficient (Wildman–Crippen LogP) is 2.30. The standard InChI is InChI=1S/C11H11Cl2NO3/c1-7(11(16)17)14(10(15)9(12)13)8-5-3-2-4-6-8/h2-7,9H,1H3,(H,16,17)/t7-/m0/s1. The van der Waals surface area contributed by atoms with Crippen LogP contribution in [0.1, 0.15) is 6.92 Å². The summed E-state index contributed by atoms with van der Waals surface area (Å²) in [6.45, 7) is 1.39. The number of halogens is 2. The summed E-state index contributed by atoms with van der Waals surface area (Å²) >= 11 is 11.0. The largest absolute Gasteiger partial charge is 0.480 e. The minimum Gasteiger partial charge on any atom is -0.480 e. The summed E-state index contributed by atoms with van der Waals surface area (Å²) in [6.07, 6.45) is 0. The summed E-state index contributed by atoms with van der Waals surface area (Å²) < 4.78 is 0. The highest BCUT2D eigenvalue weighted by Crippen LogP contribution is 2.20. The monoisotopic (exact) mass is 275 g/mol. The Morgan fingerprint density at radius 1 is 1.24 bits per heavy atom. The van der Waals surface area contributed by atoms with Gasteiger partial charge in [-0.15, -0.1) is 0 Å². The van der Waals surface area contributed by atoms with Gasteiger partial charge >= 0.3 is 5.97 Å². The molecule has 0 bridgehead atoms. The van der Waals surface area contributed by atoms with Gasteiger partial charge in [-0.2, -0.15) is 0 Å². The quantitative estimate of drug-likeness (QED) is 0.858. The highest BCUT2D eigenvalue weighted by Gasteiger charge is 2.30. The van der Waals surface area contributed by atoms with Gasteiger partial charge in [-0.25, -0.2) is 4.79 Å². The van der Waals surface area contributed by atoms with E-state index in [1.165, 1.54) is 6.92 Å². The van der Waals surface area contributed by atoms with Crippen LogP contribution in [0.4, 0.5) is 5.69 Å². The highest BCUT2D eigenvalue weighted by molar-refractivity contribution is 6.54. The van der Waals surface area contributed by atoms with E-state index in [0.29, 0.717) is 5.69 Å². The van der Waals surface area contributed by atoms with Crippen molar-refractivity contribution < 1.29 is 14.7 Å². The fourth-order valence-electron chi connectivity index (χ4n) is 1.35. The number of hydrogen-bond donors (Lipinski definition) is 1. The lowest BCUT2D eigenvalue weighted by Gasteiger charge is -2.27. The SMILES string of the molecule is C[C@@H](C(=O)O)N(C(=O)C(Cl)Cl)c1ccccc1. The van der Waals surface area contributed by atoms with Gasteiger partial charge in [-0.05, 0) is 19.1 Å². The molecule has 0 fully saturated rings. The van der Waals surface area contributed by atoms with Crippen LogP contribution < -0.4 is 4.90 Å². The summed E-state index contributed by atoms with van der Waals surface area (Å²) in [6, 6.07) is 7.35. The molecule has 0 aliphatic rings. The van der Waals surface area contributed by atoms with Crippen LogP contribution in [0.2, 0.25) is 0 Å². The Kier molecular flexibility index (Phi) is 4.78. The maximum absolute atomic E-state index is 11.8. The van der Waals surface area contributed by atoms with Gasteiger partial charge in [0, 0.05) is 5.69 Å². The van der Waals surface area contributed by atoms with Gasteiger partial charge in [-0.1, -0.05) is 41.4 Å². The van der Waals surface area contributed by atoms with E-state index in [4.69, 9.17) is 28.3 Å². The molecule has 1 rings (SSSR count). The molecule has 17 heavy (non-hydrogen) atoms. The average molecular weight is 276 g/mol. The topological polar surface area (TPSA) is 57.6 Å². The molecule has 0 heterocycles. The number of hydrogen-bond acceptors (Lipinski definition) is 2. The van der Waals surface area contributed by atoms with Crippen molar-refractivity contribution in [1.82, 2.24) is 0 Å². The van der Waals surface area contributed by atoms with Crippen LogP contribution in [0.25, 0.3) is 0 Å². The third-order valence-electron chi connectivity index (χ3n) is 2.20. The van der Waals surface area contributed by atoms with Gasteiger partial charge < -0.3 is 5.11 Å². The number of alkyl halides is 2. The molecule has 0 aliphatic heterocycles. The zero-order chi connectivity index (χ0) is 13.0. The number of rotatable bonds is 4. The molecule has 0 spiro atoms. The van der Waals surface area contributed by atoms with Gasteiger partial charge in [0.05, 0.1) is 0 Å². The van der Waals surface area contributed by atoms with E-state index in [0.717, 1.165) is 4.90 Å². The van der Waals surface area contributed by atoms with E-state index in [9.17, 15) is 9.59 Å². The molecule has 1 atom stereocenters. The van der Waals surface area contributed by atoms with Gasteiger partial charge in [0.1, 0.15) is 6.04 Å². The zero-order valence-electron chi connectivity index (χ0n) is 9.01. The fraction of sp³-hybridized carbons (Fsp3) is 0.273. The molecule has 0 saturated carbocycles. The van der Waals surface area contributed by atoms with Crippen LogP contribution >= 0.6 is 23.2 Å². The number of carbonyl (C=O) groups excluding carboxylic acids is 1. The van der Waals surface area contributed by atoms with E-state index in [1.54, 1.807) is 30.3 Å². The van der Waals surface area contributed by atoms with Crippen LogP contribution in [0, 0.1) is 0 Å². The third-order valence-corrected chi connectivity index (χ3v) is 2.58. The summed E-state index contributed by atoms with van der Waals surface area (Å²) in [5.74, 6) is -1.79. The van der Waals surface area contributed by atoms with Gasteiger partial charge in [-0.3, -0.25) is 9.69 Å². The first-order valence-electron chi connectivity index (χ1n) is 4.84. The zero-order valence-corrected chi connectivity index (χ0v) is 10.5. The Morgan fingerprint density at radius 3 is 2.18 bits per heavy atom. The molecule has 6 heteroatoms. The first-order valence-corrected chi connectivity index (χ1v) is 5.71. The second-order valence-corrected chi connectivity index (χ2v) is 4.45. The van der Waals surface area contributed by atoms with E-state index in [-0.39, 0.29) is 0 Å². The number of carbonyl (C=O) groups is 2. The molecule has 1 N–H and O–H groups in total. The van der Waals surface area contributed by atoms with Crippen LogP contribution in [0.5, 0.6) is 0 Å². The molecule has 92 valence electrons. The number of amides is 1. The van der Waals surface area contributed by atoms with Crippen molar-refractivity contribution in [2.45, 2.75) is 17.8 Å². The molecule has 1 aromatic rings. The van der Waals surface area contributed by atoms with Crippen LogP contribution in [-0.2, 0) is 9.59 Å². The number of benzene rings is 1. The van der Waals surface area contributed by atoms with Crippen molar-refractivity contribution >= 4 is 40.8 Å². The maximum Gasteiger partial charge on any atom is 0.326 e. The predicted molar refractivity (Wildman–Crippen MR) is 66.5 cm³/mol. The van der Waals surface area contributed by atoms with Crippen molar-refractivity contribution in [3.63, 3.8) is 0 Å². The van der Waals surface area contributed by atoms with Crippen LogP contribution in [-0.4, -0.2) is 27.9 Å². The minimum atomic E-state index is -1.29. The number of nitrogens with zero attached hydrogens (tertiary/aromatic N) is 1. The van der Waals surface area contributed by atoms with Gasteiger partial charge in [0.2, 0.25) is 0 Å². The molecule has 1 amide bonds. The molecule has 0 aliphatic carbocycles. The van der Waals surface area contributed by atoms with Gasteiger partial charge in [0.15, 0.2) is 4.84 Å². The van der Waals surface area contributed by atoms with E-state index in [1.807, 2.05) is 0 Å². The molecular formula is C11H11Cl2NO3. The highest BCUT2D eigenvalue weighted by atomic mass is 35.5. The minimum absolute atomic E-state index is 0.443. The van der Waals surface area contributed by atoms with E-state index < -0.39 is 22.8 Å². The second kappa shape index (κ2) is 5.89. The average Bonchev–Trinajstić information content (AvgIpc) is 2.30. The molecule has 0 saturated heterocycles. The fourth-order valence-corrected chi connectivity index (χ4v) is 1.56. The maximum atomic E-state index is 11.8. The van der Waals surface area contributed by atoms with Crippen molar-refractivity contribution in [2.24, 2.45) is 0 Å². The number of carboxylic acid groups (broad SMARTS) is 1. The second-order valence-electron chi connectivity index (χ2n) is 3.36. The van der Waals surface area contributed by atoms with Crippen LogP contribution in [0.15, 0.2) is 30.3 Å². The van der Waals surface area contributed by atoms with Crippen molar-refractivity contribution in [2.75, 3.05) is 4.90 Å². The Labute approximate surface area is 109 Å². The normalized spacial score (nSPS) is 12.2. The Balaban J connectivity index is 3.12. The number of carboxylic acids is 1. The van der Waals surface area contributed by atoms with Crippen LogP contribution in [0.3, 0.4) is 0 Å². The first-order chi connectivity index (χ1) is 7.95. The number of anilines is 1. The lowest BCUT2D eigenvalue weighted by molar-refractivity contribution is -0.139. The van der Waals surface area contributed by atoms with E-state index in [2.05, 4.69) is 0 Å². The first kappa shape index (κ1) is 13.8. The molecular weight excluding hydrogens is 265 g/mol. The molecule has 0 radical (unpaired) electrons. The molecule has 4 nitrogen and oxygen atoms in total. The number of aliphatic carboxylic acids is 1. The third kappa shape index (κ3) is 3.35. The smallest absolute Gasteiger partial charge is 0.326 e. The lowest BCUT2D eigenvalue weighted by Crippen LogP contribution is -2.45. The Bertz CT molecular complexity index is 408. The molecule has 1 aromatic carbocycles. The summed E-state index contributed by atoms with van der Waals surface area (Å²) in [7, 11) is 0. The lowest BCUT2D eigenvalue weighted by atomic mass is 10.2. The Morgan fingerprint density at radius 2 is 1.76 bits per heavy atom. The van der Waals surface area contributed by atoms with Crippen molar-refractivity contribution in [3.8, 4) is 0 Å². The number of para-hydroxylation sites is 1. The van der Waals surface area contributed by atoms with Crippen molar-refractivity contribution in [3.05, 3.63) is 30.3 Å². The molecule has 0 unspecified atom stereocenters. The van der Waals surface area contributed by atoms with E-state index >= 15 is 0 Å².